The summed E-state index contributed by atoms with van der Waals surface area (Å²) in [5.41, 5.74) is 4.52. The molecule has 0 bridgehead atoms. The van der Waals surface area contributed by atoms with Crippen molar-refractivity contribution < 1.29 is 14.3 Å². The summed E-state index contributed by atoms with van der Waals surface area (Å²) >= 11 is 6.51. The van der Waals surface area contributed by atoms with E-state index in [1.54, 1.807) is 17.9 Å². The fourth-order valence-corrected chi connectivity index (χ4v) is 4.51. The van der Waals surface area contributed by atoms with Gasteiger partial charge < -0.3 is 19.7 Å². The van der Waals surface area contributed by atoms with Crippen molar-refractivity contribution in [2.45, 2.75) is 13.0 Å². The van der Waals surface area contributed by atoms with Crippen molar-refractivity contribution in [1.82, 2.24) is 19.4 Å². The summed E-state index contributed by atoms with van der Waals surface area (Å²) in [4.78, 5) is 23.7. The molecular weight excluding hydrogens is 454 g/mol. The lowest BCUT2D eigenvalue weighted by Gasteiger charge is -2.26. The zero-order chi connectivity index (χ0) is 23.8. The number of carbonyl (C=O) groups is 1. The molecule has 1 N–H and O–H groups in total. The number of hydrogen-bond donors (Lipinski definition) is 1. The standard InChI is InChI=1S/C25H24ClN5O3/c1-30-9-8-15-11-22(33-2)20(10-16(15)13-30)28-25-27-12-19(26)23(29-25)31-14-18(24(32)34-3)17-6-4-5-7-21(17)31/h4-7,10-12,14H,8-9,13H2,1-3H3,(H,27,28,29). The van der Waals surface area contributed by atoms with Crippen LogP contribution in [0.2, 0.25) is 5.02 Å². The number of benzene rings is 2. The van der Waals surface area contributed by atoms with Gasteiger partial charge in [-0.1, -0.05) is 29.8 Å². The van der Waals surface area contributed by atoms with Crippen molar-refractivity contribution in [3.8, 4) is 11.6 Å². The van der Waals surface area contributed by atoms with Crippen molar-refractivity contribution in [2.24, 2.45) is 0 Å². The Labute approximate surface area is 202 Å². The van der Waals surface area contributed by atoms with Crippen LogP contribution in [0.1, 0.15) is 21.5 Å². The second-order valence-corrected chi connectivity index (χ2v) is 8.63. The van der Waals surface area contributed by atoms with E-state index in [-0.39, 0.29) is 0 Å². The van der Waals surface area contributed by atoms with Crippen LogP contribution in [0.4, 0.5) is 11.6 Å². The van der Waals surface area contributed by atoms with Crippen LogP contribution in [0, 0.1) is 0 Å². The van der Waals surface area contributed by atoms with Crippen molar-refractivity contribution in [3.05, 3.63) is 70.5 Å². The molecule has 9 heteroatoms. The first-order valence-corrected chi connectivity index (χ1v) is 11.2. The van der Waals surface area contributed by atoms with E-state index in [4.69, 9.17) is 21.1 Å². The van der Waals surface area contributed by atoms with Gasteiger partial charge in [-0.2, -0.15) is 4.98 Å². The van der Waals surface area contributed by atoms with Crippen LogP contribution in [-0.4, -0.2) is 53.2 Å². The Morgan fingerprint density at radius 3 is 2.79 bits per heavy atom. The molecule has 0 saturated carbocycles. The highest BCUT2D eigenvalue weighted by Gasteiger charge is 2.20. The Hall–Kier alpha value is -3.62. The van der Waals surface area contributed by atoms with E-state index in [2.05, 4.69) is 39.4 Å². The third-order valence-corrected chi connectivity index (χ3v) is 6.31. The fourth-order valence-electron chi connectivity index (χ4n) is 4.33. The van der Waals surface area contributed by atoms with Gasteiger partial charge in [0.1, 0.15) is 10.8 Å². The molecule has 34 heavy (non-hydrogen) atoms. The van der Waals surface area contributed by atoms with Gasteiger partial charge in [-0.3, -0.25) is 4.57 Å². The minimum absolute atomic E-state index is 0.349. The van der Waals surface area contributed by atoms with Crippen LogP contribution >= 0.6 is 11.6 Å². The van der Waals surface area contributed by atoms with E-state index >= 15 is 0 Å². The number of aromatic nitrogens is 3. The molecule has 2 aromatic carbocycles. The molecule has 3 heterocycles. The van der Waals surface area contributed by atoms with E-state index in [0.717, 1.165) is 41.9 Å². The third kappa shape index (κ3) is 3.95. The van der Waals surface area contributed by atoms with Crippen LogP contribution in [-0.2, 0) is 17.7 Å². The number of para-hydroxylation sites is 1. The topological polar surface area (TPSA) is 81.5 Å². The number of rotatable bonds is 5. The quantitative estimate of drug-likeness (QED) is 0.420. The molecule has 0 saturated heterocycles. The minimum Gasteiger partial charge on any atom is -0.495 e. The number of anilines is 2. The lowest BCUT2D eigenvalue weighted by molar-refractivity contribution is 0.0603. The Balaban J connectivity index is 1.57. The first-order chi connectivity index (χ1) is 16.5. The molecule has 4 aromatic rings. The van der Waals surface area contributed by atoms with Gasteiger partial charge in [0.15, 0.2) is 5.82 Å². The van der Waals surface area contributed by atoms with Gasteiger partial charge in [0, 0.05) is 24.7 Å². The van der Waals surface area contributed by atoms with Gasteiger partial charge in [-0.15, -0.1) is 0 Å². The summed E-state index contributed by atoms with van der Waals surface area (Å²) in [7, 11) is 5.12. The molecule has 0 aliphatic carbocycles. The monoisotopic (exact) mass is 477 g/mol. The van der Waals surface area contributed by atoms with Crippen molar-refractivity contribution in [2.75, 3.05) is 33.1 Å². The molecule has 2 aromatic heterocycles. The average Bonchev–Trinajstić information content (AvgIpc) is 3.24. The van der Waals surface area contributed by atoms with E-state index in [1.165, 1.54) is 24.4 Å². The summed E-state index contributed by atoms with van der Waals surface area (Å²) < 4.78 is 12.4. The van der Waals surface area contributed by atoms with Crippen LogP contribution in [0.15, 0.2) is 48.8 Å². The molecule has 0 amide bonds. The summed E-state index contributed by atoms with van der Waals surface area (Å²) in [5, 5.41) is 4.38. The molecule has 0 fully saturated rings. The fraction of sp³-hybridized carbons (Fsp3) is 0.240. The normalized spacial score (nSPS) is 13.5. The number of nitrogens with one attached hydrogen (secondary N) is 1. The summed E-state index contributed by atoms with van der Waals surface area (Å²) in [6.45, 7) is 1.89. The van der Waals surface area contributed by atoms with Crippen molar-refractivity contribution in [3.63, 3.8) is 0 Å². The van der Waals surface area contributed by atoms with Crippen LogP contribution < -0.4 is 10.1 Å². The molecular formula is C25H24ClN5O3. The van der Waals surface area contributed by atoms with E-state index < -0.39 is 5.97 Å². The Kier molecular flexibility index (Phi) is 5.85. The molecule has 1 aliphatic rings. The number of fused-ring (bicyclic) bond motifs is 2. The largest absolute Gasteiger partial charge is 0.495 e. The number of ether oxygens (including phenoxy) is 2. The molecule has 8 nitrogen and oxygen atoms in total. The predicted octanol–water partition coefficient (Wildman–Crippen LogP) is 4.60. The molecule has 0 atom stereocenters. The summed E-state index contributed by atoms with van der Waals surface area (Å²) in [6, 6.07) is 11.7. The second kappa shape index (κ2) is 8.96. The number of likely N-dealkylation sites (N-methyl/N-ethyl adjacent to an activating group) is 1. The lowest BCUT2D eigenvalue weighted by Crippen LogP contribution is -2.26. The molecule has 1 aliphatic heterocycles. The summed E-state index contributed by atoms with van der Waals surface area (Å²) in [6.07, 6.45) is 4.20. The van der Waals surface area contributed by atoms with Crippen molar-refractivity contribution >= 4 is 40.1 Å². The molecule has 0 spiro atoms. The van der Waals surface area contributed by atoms with Crippen LogP contribution in [0.5, 0.6) is 5.75 Å². The summed E-state index contributed by atoms with van der Waals surface area (Å²) in [5.74, 6) is 1.10. The van der Waals surface area contributed by atoms with E-state index in [1.807, 2.05) is 24.3 Å². The number of esters is 1. The number of hydrogen-bond acceptors (Lipinski definition) is 7. The van der Waals surface area contributed by atoms with Gasteiger partial charge in [-0.25, -0.2) is 9.78 Å². The molecule has 174 valence electrons. The van der Waals surface area contributed by atoms with Crippen LogP contribution in [0.25, 0.3) is 16.7 Å². The number of nitrogens with zero attached hydrogens (tertiary/aromatic N) is 4. The minimum atomic E-state index is -0.428. The zero-order valence-corrected chi connectivity index (χ0v) is 19.9. The first kappa shape index (κ1) is 22.2. The maximum atomic E-state index is 12.3. The Bertz CT molecular complexity index is 1400. The highest BCUT2D eigenvalue weighted by atomic mass is 35.5. The van der Waals surface area contributed by atoms with E-state index in [9.17, 15) is 4.79 Å². The molecule has 5 rings (SSSR count). The second-order valence-electron chi connectivity index (χ2n) is 8.22. The number of carbonyl (C=O) groups excluding carboxylic acids is 1. The maximum absolute atomic E-state index is 12.3. The number of methoxy groups -OCH3 is 2. The van der Waals surface area contributed by atoms with E-state index in [0.29, 0.717) is 22.4 Å². The van der Waals surface area contributed by atoms with Crippen molar-refractivity contribution in [1.29, 1.82) is 0 Å². The zero-order valence-electron chi connectivity index (χ0n) is 19.1. The maximum Gasteiger partial charge on any atom is 0.340 e. The third-order valence-electron chi connectivity index (χ3n) is 6.04. The van der Waals surface area contributed by atoms with Crippen LogP contribution in [0.3, 0.4) is 0 Å². The molecule has 0 unspecified atom stereocenters. The molecule has 0 radical (unpaired) electrons. The van der Waals surface area contributed by atoms with Gasteiger partial charge in [0.05, 0.1) is 37.2 Å². The number of halogens is 1. The highest BCUT2D eigenvalue weighted by Crippen LogP contribution is 2.34. The smallest absolute Gasteiger partial charge is 0.340 e. The van der Waals surface area contributed by atoms with Gasteiger partial charge in [-0.05, 0) is 42.8 Å². The SMILES string of the molecule is COC(=O)c1cn(-c2nc(Nc3cc4c(cc3OC)CCN(C)C4)ncc2Cl)c2ccccc12. The van der Waals surface area contributed by atoms with Gasteiger partial charge in [0.25, 0.3) is 0 Å². The highest BCUT2D eigenvalue weighted by molar-refractivity contribution is 6.32. The Morgan fingerprint density at radius 2 is 2.00 bits per heavy atom. The Morgan fingerprint density at radius 1 is 1.18 bits per heavy atom. The lowest BCUT2D eigenvalue weighted by atomic mass is 9.99. The predicted molar refractivity (Wildman–Crippen MR) is 132 cm³/mol. The first-order valence-electron chi connectivity index (χ1n) is 10.8. The van der Waals surface area contributed by atoms with Gasteiger partial charge in [0.2, 0.25) is 5.95 Å². The van der Waals surface area contributed by atoms with Gasteiger partial charge >= 0.3 is 5.97 Å². The average molecular weight is 478 g/mol.